The van der Waals surface area contributed by atoms with Gasteiger partial charge in [0.1, 0.15) is 5.82 Å². The SMILES string of the molecule is C=C(CCC(=C)c1ccc2c(c1)C=CC2)c1ccc(F)cc1. The molecule has 0 radical (unpaired) electrons. The van der Waals surface area contributed by atoms with Crippen LogP contribution in [0.2, 0.25) is 0 Å². The van der Waals surface area contributed by atoms with Crippen molar-refractivity contribution in [3.8, 4) is 0 Å². The van der Waals surface area contributed by atoms with Gasteiger partial charge in [0.25, 0.3) is 0 Å². The highest BCUT2D eigenvalue weighted by atomic mass is 19.1. The van der Waals surface area contributed by atoms with Crippen LogP contribution in [0, 0.1) is 5.82 Å². The van der Waals surface area contributed by atoms with Crippen LogP contribution in [0.1, 0.15) is 35.1 Å². The second-order valence-electron chi connectivity index (χ2n) is 5.73. The van der Waals surface area contributed by atoms with Gasteiger partial charge in [0.2, 0.25) is 0 Å². The fourth-order valence-electron chi connectivity index (χ4n) is 2.74. The van der Waals surface area contributed by atoms with Crippen molar-refractivity contribution in [3.05, 3.63) is 89.8 Å². The van der Waals surface area contributed by atoms with E-state index in [2.05, 4.69) is 43.5 Å². The molecule has 110 valence electrons. The van der Waals surface area contributed by atoms with Crippen molar-refractivity contribution in [3.63, 3.8) is 0 Å². The zero-order valence-electron chi connectivity index (χ0n) is 12.6. The van der Waals surface area contributed by atoms with E-state index in [1.807, 2.05) is 0 Å². The van der Waals surface area contributed by atoms with E-state index in [9.17, 15) is 4.39 Å². The lowest BCUT2D eigenvalue weighted by Crippen LogP contribution is -1.90. The van der Waals surface area contributed by atoms with Gasteiger partial charge in [-0.1, -0.05) is 49.6 Å². The molecular weight excluding hydrogens is 271 g/mol. The molecular formula is C21H19F. The largest absolute Gasteiger partial charge is 0.207 e. The molecule has 0 aromatic heterocycles. The van der Waals surface area contributed by atoms with Gasteiger partial charge < -0.3 is 0 Å². The van der Waals surface area contributed by atoms with Crippen molar-refractivity contribution in [2.75, 3.05) is 0 Å². The summed E-state index contributed by atoms with van der Waals surface area (Å²) in [6, 6.07) is 13.0. The molecule has 0 saturated heterocycles. The number of benzene rings is 2. The minimum absolute atomic E-state index is 0.216. The van der Waals surface area contributed by atoms with E-state index in [0.29, 0.717) is 0 Å². The van der Waals surface area contributed by atoms with E-state index in [4.69, 9.17) is 0 Å². The molecule has 0 atom stereocenters. The third-order valence-corrected chi connectivity index (χ3v) is 4.17. The summed E-state index contributed by atoms with van der Waals surface area (Å²) in [7, 11) is 0. The minimum atomic E-state index is -0.216. The first-order chi connectivity index (χ1) is 10.6. The second-order valence-corrected chi connectivity index (χ2v) is 5.73. The zero-order valence-corrected chi connectivity index (χ0v) is 12.6. The highest BCUT2D eigenvalue weighted by Crippen LogP contribution is 2.28. The maximum atomic E-state index is 12.9. The third kappa shape index (κ3) is 3.09. The van der Waals surface area contributed by atoms with Gasteiger partial charge >= 0.3 is 0 Å². The molecule has 0 fully saturated rings. The van der Waals surface area contributed by atoms with Gasteiger partial charge in [-0.15, -0.1) is 0 Å². The molecule has 0 amide bonds. The van der Waals surface area contributed by atoms with Crippen LogP contribution in [0.25, 0.3) is 17.2 Å². The topological polar surface area (TPSA) is 0 Å². The van der Waals surface area contributed by atoms with Gasteiger partial charge in [-0.2, -0.15) is 0 Å². The van der Waals surface area contributed by atoms with Crippen molar-refractivity contribution in [1.29, 1.82) is 0 Å². The maximum absolute atomic E-state index is 12.9. The molecule has 0 spiro atoms. The zero-order chi connectivity index (χ0) is 15.5. The predicted molar refractivity (Wildman–Crippen MR) is 92.9 cm³/mol. The number of fused-ring (bicyclic) bond motifs is 1. The summed E-state index contributed by atoms with van der Waals surface area (Å²) in [6.07, 6.45) is 7.08. The van der Waals surface area contributed by atoms with Crippen molar-refractivity contribution < 1.29 is 4.39 Å². The summed E-state index contributed by atoms with van der Waals surface area (Å²) in [5.41, 5.74) is 7.00. The van der Waals surface area contributed by atoms with E-state index in [1.165, 1.54) is 28.8 Å². The Labute approximate surface area is 131 Å². The van der Waals surface area contributed by atoms with Gasteiger partial charge in [-0.3, -0.25) is 0 Å². The molecule has 0 bridgehead atoms. The summed E-state index contributed by atoms with van der Waals surface area (Å²) >= 11 is 0. The van der Waals surface area contributed by atoms with E-state index in [1.54, 1.807) is 12.1 Å². The highest BCUT2D eigenvalue weighted by molar-refractivity contribution is 5.72. The minimum Gasteiger partial charge on any atom is -0.207 e. The van der Waals surface area contributed by atoms with Crippen LogP contribution in [0.4, 0.5) is 4.39 Å². The average Bonchev–Trinajstić information content (AvgIpc) is 3.00. The summed E-state index contributed by atoms with van der Waals surface area (Å²) in [5, 5.41) is 0. The predicted octanol–water partition coefficient (Wildman–Crippen LogP) is 5.90. The fraction of sp³-hybridized carbons (Fsp3) is 0.143. The first kappa shape index (κ1) is 14.5. The van der Waals surface area contributed by atoms with Crippen LogP contribution in [0.15, 0.2) is 61.7 Å². The van der Waals surface area contributed by atoms with Crippen LogP contribution in [-0.4, -0.2) is 0 Å². The highest BCUT2D eigenvalue weighted by Gasteiger charge is 2.08. The van der Waals surface area contributed by atoms with E-state index in [0.717, 1.165) is 36.0 Å². The number of halogens is 1. The van der Waals surface area contributed by atoms with Crippen molar-refractivity contribution in [2.45, 2.75) is 19.3 Å². The van der Waals surface area contributed by atoms with Crippen LogP contribution in [-0.2, 0) is 6.42 Å². The molecule has 2 aromatic rings. The van der Waals surface area contributed by atoms with Crippen LogP contribution in [0.3, 0.4) is 0 Å². The molecule has 2 aromatic carbocycles. The second kappa shape index (κ2) is 6.15. The standard InChI is InChI=1S/C21H19F/c1-15(17-10-12-21(22)13-11-17)6-7-16(2)19-9-8-18-4-3-5-20(18)14-19/h3,5,8-14H,1-2,4,6-7H2. The molecule has 0 aliphatic heterocycles. The number of hydrogen-bond acceptors (Lipinski definition) is 0. The lowest BCUT2D eigenvalue weighted by atomic mass is 9.95. The van der Waals surface area contributed by atoms with Crippen molar-refractivity contribution in [1.82, 2.24) is 0 Å². The molecule has 1 aliphatic carbocycles. The fourth-order valence-corrected chi connectivity index (χ4v) is 2.74. The van der Waals surface area contributed by atoms with E-state index in [-0.39, 0.29) is 5.82 Å². The molecule has 0 unspecified atom stereocenters. The van der Waals surface area contributed by atoms with Gasteiger partial charge in [-0.05, 0) is 70.9 Å². The Kier molecular flexibility index (Phi) is 4.06. The molecule has 1 heteroatoms. The summed E-state index contributed by atoms with van der Waals surface area (Å²) in [4.78, 5) is 0. The Bertz CT molecular complexity index is 748. The lowest BCUT2D eigenvalue weighted by molar-refractivity contribution is 0.627. The van der Waals surface area contributed by atoms with E-state index < -0.39 is 0 Å². The molecule has 0 heterocycles. The van der Waals surface area contributed by atoms with Crippen molar-refractivity contribution >= 4 is 17.2 Å². The molecule has 1 aliphatic rings. The summed E-state index contributed by atoms with van der Waals surface area (Å²) in [5.74, 6) is -0.216. The van der Waals surface area contributed by atoms with Gasteiger partial charge in [0.05, 0.1) is 0 Å². The van der Waals surface area contributed by atoms with Crippen LogP contribution >= 0.6 is 0 Å². The molecule has 0 nitrogen and oxygen atoms in total. The third-order valence-electron chi connectivity index (χ3n) is 4.17. The first-order valence-corrected chi connectivity index (χ1v) is 7.55. The van der Waals surface area contributed by atoms with E-state index >= 15 is 0 Å². The normalized spacial score (nSPS) is 12.2. The molecule has 22 heavy (non-hydrogen) atoms. The number of allylic oxidation sites excluding steroid dienone is 3. The smallest absolute Gasteiger partial charge is 0.123 e. The Balaban J connectivity index is 1.63. The Hall–Kier alpha value is -2.41. The van der Waals surface area contributed by atoms with Gasteiger partial charge in [0, 0.05) is 0 Å². The van der Waals surface area contributed by atoms with Gasteiger partial charge in [-0.25, -0.2) is 4.39 Å². The average molecular weight is 290 g/mol. The summed E-state index contributed by atoms with van der Waals surface area (Å²) in [6.45, 7) is 8.31. The Morgan fingerprint density at radius 3 is 2.27 bits per heavy atom. The van der Waals surface area contributed by atoms with Crippen LogP contribution in [0.5, 0.6) is 0 Å². The monoisotopic (exact) mass is 290 g/mol. The van der Waals surface area contributed by atoms with Crippen molar-refractivity contribution in [2.24, 2.45) is 0 Å². The summed E-state index contributed by atoms with van der Waals surface area (Å²) < 4.78 is 12.9. The number of rotatable bonds is 5. The van der Waals surface area contributed by atoms with Gasteiger partial charge in [0.15, 0.2) is 0 Å². The molecule has 0 N–H and O–H groups in total. The molecule has 3 rings (SSSR count). The Morgan fingerprint density at radius 1 is 0.909 bits per heavy atom. The quantitative estimate of drug-likeness (QED) is 0.643. The molecule has 0 saturated carbocycles. The van der Waals surface area contributed by atoms with Crippen LogP contribution < -0.4 is 0 Å². The maximum Gasteiger partial charge on any atom is 0.123 e. The Morgan fingerprint density at radius 2 is 1.55 bits per heavy atom. The lowest BCUT2D eigenvalue weighted by Gasteiger charge is -2.10. The first-order valence-electron chi connectivity index (χ1n) is 7.55. The number of hydrogen-bond donors (Lipinski definition) is 0.